The second-order valence-corrected chi connectivity index (χ2v) is 7.42. The molecule has 0 fully saturated rings. The highest BCUT2D eigenvalue weighted by atomic mass is 16.5. The van der Waals surface area contributed by atoms with Gasteiger partial charge in [-0.1, -0.05) is 18.2 Å². The Hall–Kier alpha value is -4.26. The van der Waals surface area contributed by atoms with E-state index in [0.29, 0.717) is 23.7 Å². The van der Waals surface area contributed by atoms with Crippen LogP contribution in [-0.2, 0) is 0 Å². The fourth-order valence-corrected chi connectivity index (χ4v) is 3.95. The van der Waals surface area contributed by atoms with Gasteiger partial charge in [-0.25, -0.2) is 9.97 Å². The molecule has 1 aliphatic heterocycles. The minimum atomic E-state index is -0.345. The van der Waals surface area contributed by atoms with Gasteiger partial charge >= 0.3 is 0 Å². The molecule has 31 heavy (non-hydrogen) atoms. The number of aromatic nitrogens is 4. The average molecular weight is 407 g/mol. The van der Waals surface area contributed by atoms with E-state index in [1.54, 1.807) is 18.5 Å². The van der Waals surface area contributed by atoms with E-state index >= 15 is 0 Å². The molecular formula is C24H17N5O2. The first-order chi connectivity index (χ1) is 15.3. The van der Waals surface area contributed by atoms with E-state index in [1.165, 1.54) is 0 Å². The summed E-state index contributed by atoms with van der Waals surface area (Å²) in [7, 11) is 0. The summed E-state index contributed by atoms with van der Waals surface area (Å²) in [6, 6.07) is 17.2. The van der Waals surface area contributed by atoms with Gasteiger partial charge in [0.1, 0.15) is 17.5 Å². The molecule has 5 aromatic rings. The number of H-pyrrole nitrogens is 1. The summed E-state index contributed by atoms with van der Waals surface area (Å²) in [5.74, 6) is 1.06. The molecule has 0 radical (unpaired) electrons. The zero-order valence-corrected chi connectivity index (χ0v) is 16.4. The summed E-state index contributed by atoms with van der Waals surface area (Å²) < 4.78 is 6.18. The topological polar surface area (TPSA) is 92.8 Å². The number of fused-ring (bicyclic) bond motifs is 3. The van der Waals surface area contributed by atoms with E-state index in [9.17, 15) is 4.79 Å². The Morgan fingerprint density at radius 3 is 2.94 bits per heavy atom. The van der Waals surface area contributed by atoms with Crippen molar-refractivity contribution in [3.05, 3.63) is 84.3 Å². The number of benzene rings is 2. The molecule has 1 atom stereocenters. The van der Waals surface area contributed by atoms with Crippen molar-refractivity contribution in [1.82, 2.24) is 25.3 Å². The molecule has 150 valence electrons. The summed E-state index contributed by atoms with van der Waals surface area (Å²) in [5, 5.41) is 4.84. The van der Waals surface area contributed by atoms with Gasteiger partial charge < -0.3 is 15.0 Å². The van der Waals surface area contributed by atoms with Gasteiger partial charge in [-0.05, 0) is 36.4 Å². The average Bonchev–Trinajstić information content (AvgIpc) is 3.17. The summed E-state index contributed by atoms with van der Waals surface area (Å²) >= 11 is 0. The number of hydrogen-bond acceptors (Lipinski definition) is 5. The third-order valence-electron chi connectivity index (χ3n) is 5.52. The van der Waals surface area contributed by atoms with Crippen molar-refractivity contribution in [2.24, 2.45) is 0 Å². The van der Waals surface area contributed by atoms with Gasteiger partial charge in [0.05, 0.1) is 17.6 Å². The molecule has 4 heterocycles. The van der Waals surface area contributed by atoms with Crippen LogP contribution in [0, 0.1) is 0 Å². The minimum Gasteiger partial charge on any atom is -0.483 e. The van der Waals surface area contributed by atoms with Gasteiger partial charge in [0.2, 0.25) is 0 Å². The lowest BCUT2D eigenvalue weighted by molar-refractivity contribution is 0.0951. The summed E-state index contributed by atoms with van der Waals surface area (Å²) in [5.41, 5.74) is 4.02. The third-order valence-corrected chi connectivity index (χ3v) is 5.52. The van der Waals surface area contributed by atoms with E-state index in [-0.39, 0.29) is 12.0 Å². The molecule has 0 aliphatic carbocycles. The number of ether oxygens (including phenoxy) is 1. The van der Waals surface area contributed by atoms with Crippen molar-refractivity contribution >= 4 is 27.8 Å². The van der Waals surface area contributed by atoms with Crippen molar-refractivity contribution in [3.63, 3.8) is 0 Å². The normalized spacial score (nSPS) is 15.9. The predicted molar refractivity (Wildman–Crippen MR) is 117 cm³/mol. The van der Waals surface area contributed by atoms with Crippen LogP contribution in [0.1, 0.15) is 22.0 Å². The SMILES string of the molecule is O=C1NCC(c2c[nH]c3nc(-c4ccc5ncccc5c4)ncc23)Oc2ccccc21. The number of rotatable bonds is 2. The van der Waals surface area contributed by atoms with Gasteiger partial charge in [0.15, 0.2) is 5.82 Å². The number of carbonyl (C=O) groups is 1. The zero-order valence-electron chi connectivity index (χ0n) is 16.4. The van der Waals surface area contributed by atoms with Crippen molar-refractivity contribution < 1.29 is 9.53 Å². The summed E-state index contributed by atoms with van der Waals surface area (Å²) in [4.78, 5) is 29.3. The molecule has 0 spiro atoms. The third kappa shape index (κ3) is 2.98. The molecule has 7 nitrogen and oxygen atoms in total. The maximum atomic E-state index is 12.4. The lowest BCUT2D eigenvalue weighted by atomic mass is 10.1. The molecule has 7 heteroatoms. The van der Waals surface area contributed by atoms with E-state index in [1.807, 2.05) is 54.7 Å². The standard InChI is InChI=1S/C24H17N5O2/c30-24-16-5-1-2-6-20(16)31-21(13-28-24)17-11-27-23-18(17)12-26-22(29-23)15-7-8-19-14(10-15)4-3-9-25-19/h1-12,21H,13H2,(H,28,30)(H,26,27,29). The molecule has 0 saturated heterocycles. The summed E-state index contributed by atoms with van der Waals surface area (Å²) in [6.45, 7) is 0.361. The predicted octanol–water partition coefficient (Wildman–Crippen LogP) is 4.04. The molecule has 1 unspecified atom stereocenters. The lowest BCUT2D eigenvalue weighted by Gasteiger charge is -2.16. The molecule has 6 rings (SSSR count). The second-order valence-electron chi connectivity index (χ2n) is 7.42. The first-order valence-electron chi connectivity index (χ1n) is 9.99. The maximum absolute atomic E-state index is 12.4. The highest BCUT2D eigenvalue weighted by Gasteiger charge is 2.25. The number of para-hydroxylation sites is 1. The van der Waals surface area contributed by atoms with Crippen molar-refractivity contribution in [2.75, 3.05) is 6.54 Å². The van der Waals surface area contributed by atoms with Crippen molar-refractivity contribution in [2.45, 2.75) is 6.10 Å². The minimum absolute atomic E-state index is 0.137. The Morgan fingerprint density at radius 1 is 1.03 bits per heavy atom. The number of amides is 1. The number of nitrogens with one attached hydrogen (secondary N) is 2. The Morgan fingerprint density at radius 2 is 1.97 bits per heavy atom. The Kier molecular flexibility index (Phi) is 3.92. The molecule has 3 aromatic heterocycles. The van der Waals surface area contributed by atoms with E-state index in [4.69, 9.17) is 9.72 Å². The molecule has 0 bridgehead atoms. The number of carbonyl (C=O) groups excluding carboxylic acids is 1. The van der Waals surface area contributed by atoms with Crippen LogP contribution in [0.25, 0.3) is 33.3 Å². The van der Waals surface area contributed by atoms with Crippen molar-refractivity contribution in [1.29, 1.82) is 0 Å². The Bertz CT molecular complexity index is 1460. The smallest absolute Gasteiger partial charge is 0.255 e. The summed E-state index contributed by atoms with van der Waals surface area (Å²) in [6.07, 6.45) is 5.11. The lowest BCUT2D eigenvalue weighted by Crippen LogP contribution is -2.26. The maximum Gasteiger partial charge on any atom is 0.255 e. The van der Waals surface area contributed by atoms with Gasteiger partial charge in [-0.3, -0.25) is 9.78 Å². The van der Waals surface area contributed by atoms with Gasteiger partial charge in [0, 0.05) is 40.5 Å². The van der Waals surface area contributed by atoms with Crippen LogP contribution in [0.4, 0.5) is 0 Å². The van der Waals surface area contributed by atoms with E-state index in [0.717, 1.165) is 33.1 Å². The second kappa shape index (κ2) is 6.91. The highest BCUT2D eigenvalue weighted by molar-refractivity contribution is 5.97. The Balaban J connectivity index is 1.38. The molecule has 2 N–H and O–H groups in total. The number of nitrogens with zero attached hydrogens (tertiary/aromatic N) is 3. The van der Waals surface area contributed by atoms with Crippen LogP contribution >= 0.6 is 0 Å². The van der Waals surface area contributed by atoms with Crippen LogP contribution in [0.3, 0.4) is 0 Å². The first kappa shape index (κ1) is 17.6. The van der Waals surface area contributed by atoms with Crippen LogP contribution < -0.4 is 10.1 Å². The van der Waals surface area contributed by atoms with Crippen LogP contribution in [-0.4, -0.2) is 32.4 Å². The number of aromatic amines is 1. The fraction of sp³-hybridized carbons (Fsp3) is 0.0833. The first-order valence-corrected chi connectivity index (χ1v) is 9.99. The number of pyridine rings is 1. The highest BCUT2D eigenvalue weighted by Crippen LogP contribution is 2.32. The quantitative estimate of drug-likeness (QED) is 0.461. The van der Waals surface area contributed by atoms with Crippen LogP contribution in [0.15, 0.2) is 73.2 Å². The largest absolute Gasteiger partial charge is 0.483 e. The zero-order chi connectivity index (χ0) is 20.8. The molecular weight excluding hydrogens is 390 g/mol. The van der Waals surface area contributed by atoms with Crippen LogP contribution in [0.5, 0.6) is 5.75 Å². The van der Waals surface area contributed by atoms with E-state index in [2.05, 4.69) is 20.3 Å². The number of hydrogen-bond donors (Lipinski definition) is 2. The Labute approximate surface area is 177 Å². The molecule has 1 aliphatic rings. The van der Waals surface area contributed by atoms with Gasteiger partial charge in [-0.15, -0.1) is 0 Å². The van der Waals surface area contributed by atoms with Crippen molar-refractivity contribution in [3.8, 4) is 17.1 Å². The van der Waals surface area contributed by atoms with Gasteiger partial charge in [-0.2, -0.15) is 0 Å². The monoisotopic (exact) mass is 407 g/mol. The molecule has 2 aromatic carbocycles. The molecule has 1 amide bonds. The van der Waals surface area contributed by atoms with Gasteiger partial charge in [0.25, 0.3) is 5.91 Å². The molecule has 0 saturated carbocycles. The van der Waals surface area contributed by atoms with E-state index < -0.39 is 0 Å². The van der Waals surface area contributed by atoms with Crippen LogP contribution in [0.2, 0.25) is 0 Å². The fourth-order valence-electron chi connectivity index (χ4n) is 3.95.